The van der Waals surface area contributed by atoms with Crippen molar-refractivity contribution in [3.05, 3.63) is 84.7 Å². The lowest BCUT2D eigenvalue weighted by atomic mass is 10.1. The van der Waals surface area contributed by atoms with Crippen LogP contribution in [0.2, 0.25) is 0 Å². The molecular weight excluding hydrogens is 451 g/mol. The summed E-state index contributed by atoms with van der Waals surface area (Å²) in [5.41, 5.74) is 1.15. The Morgan fingerprint density at radius 3 is 2.60 bits per heavy atom. The van der Waals surface area contributed by atoms with Gasteiger partial charge in [0.05, 0.1) is 5.92 Å². The van der Waals surface area contributed by atoms with Crippen LogP contribution in [0.4, 0.5) is 15.8 Å². The molecule has 35 heavy (non-hydrogen) atoms. The summed E-state index contributed by atoms with van der Waals surface area (Å²) in [5, 5.41) is 7.01. The smallest absolute Gasteiger partial charge is 0.229 e. The van der Waals surface area contributed by atoms with Crippen LogP contribution in [0.25, 0.3) is 5.82 Å². The van der Waals surface area contributed by atoms with Crippen molar-refractivity contribution in [1.29, 1.82) is 0 Å². The van der Waals surface area contributed by atoms with E-state index in [1.807, 2.05) is 0 Å². The summed E-state index contributed by atoms with van der Waals surface area (Å²) < 4.78 is 20.7. The van der Waals surface area contributed by atoms with E-state index in [1.165, 1.54) is 29.2 Å². The van der Waals surface area contributed by atoms with Crippen LogP contribution >= 0.6 is 0 Å². The first kappa shape index (κ1) is 22.2. The summed E-state index contributed by atoms with van der Waals surface area (Å²) in [5.74, 6) is 0.710. The lowest BCUT2D eigenvalue weighted by Gasteiger charge is -2.16. The van der Waals surface area contributed by atoms with Crippen molar-refractivity contribution in [3.8, 4) is 17.4 Å². The summed E-state index contributed by atoms with van der Waals surface area (Å²) >= 11 is 0. The number of benzene rings is 2. The zero-order valence-electron chi connectivity index (χ0n) is 18.8. The van der Waals surface area contributed by atoms with Gasteiger partial charge in [0.15, 0.2) is 5.82 Å². The molecule has 1 atom stereocenters. The molecule has 0 aliphatic carbocycles. The predicted octanol–water partition coefficient (Wildman–Crippen LogP) is 3.89. The average molecular weight is 472 g/mol. The van der Waals surface area contributed by atoms with E-state index in [2.05, 4.69) is 20.4 Å². The van der Waals surface area contributed by atoms with Crippen molar-refractivity contribution >= 4 is 23.2 Å². The first-order chi connectivity index (χ1) is 16.9. The fourth-order valence-corrected chi connectivity index (χ4v) is 3.82. The second kappa shape index (κ2) is 9.34. The topological polar surface area (TPSA) is 102 Å². The maximum Gasteiger partial charge on any atom is 0.229 e. The van der Waals surface area contributed by atoms with Gasteiger partial charge in [-0.05, 0) is 61.5 Å². The highest BCUT2D eigenvalue weighted by molar-refractivity contribution is 6.03. The number of hydrogen-bond acceptors (Lipinski definition) is 6. The standard InChI is InChI=1S/C25H21FN6O3/c1-16-28-22(32-12-2-11-27-32)14-23(29-16)35-21-9-5-19(6-10-21)30-25(34)17-13-24(33)31(15-17)20-7-3-18(26)4-8-20/h2-12,14,17H,13,15H2,1H3,(H,30,34). The van der Waals surface area contributed by atoms with E-state index in [0.29, 0.717) is 34.6 Å². The Kier molecular flexibility index (Phi) is 5.92. The molecule has 2 amide bonds. The number of nitrogens with zero attached hydrogens (tertiary/aromatic N) is 5. The normalized spacial score (nSPS) is 15.3. The van der Waals surface area contributed by atoms with Crippen molar-refractivity contribution in [3.63, 3.8) is 0 Å². The summed E-state index contributed by atoms with van der Waals surface area (Å²) in [6.45, 7) is 2.01. The van der Waals surface area contributed by atoms with E-state index in [4.69, 9.17) is 4.74 Å². The molecule has 10 heteroatoms. The van der Waals surface area contributed by atoms with Gasteiger partial charge in [-0.25, -0.2) is 14.1 Å². The maximum atomic E-state index is 13.2. The number of anilines is 2. The van der Waals surface area contributed by atoms with Gasteiger partial charge in [-0.15, -0.1) is 0 Å². The number of nitrogens with one attached hydrogen (secondary N) is 1. The van der Waals surface area contributed by atoms with E-state index < -0.39 is 5.92 Å². The number of rotatable bonds is 6. The molecule has 5 rings (SSSR count). The van der Waals surface area contributed by atoms with Crippen LogP contribution in [0.1, 0.15) is 12.2 Å². The third-order valence-corrected chi connectivity index (χ3v) is 5.52. The zero-order valence-corrected chi connectivity index (χ0v) is 18.8. The number of hydrogen-bond donors (Lipinski definition) is 1. The van der Waals surface area contributed by atoms with Crippen molar-refractivity contribution in [2.45, 2.75) is 13.3 Å². The van der Waals surface area contributed by atoms with E-state index >= 15 is 0 Å². The lowest BCUT2D eigenvalue weighted by Crippen LogP contribution is -2.28. The van der Waals surface area contributed by atoms with Crippen LogP contribution in [-0.2, 0) is 9.59 Å². The molecule has 0 saturated carbocycles. The van der Waals surface area contributed by atoms with Crippen LogP contribution in [0.5, 0.6) is 11.6 Å². The average Bonchev–Trinajstić information content (AvgIpc) is 3.51. The molecule has 176 valence electrons. The van der Waals surface area contributed by atoms with Gasteiger partial charge >= 0.3 is 0 Å². The summed E-state index contributed by atoms with van der Waals surface area (Å²) in [6, 6.07) is 16.0. The SMILES string of the molecule is Cc1nc(Oc2ccc(NC(=O)C3CC(=O)N(c4ccc(F)cc4)C3)cc2)cc(-n2cccn2)n1. The Bertz CT molecular complexity index is 1360. The highest BCUT2D eigenvalue weighted by Crippen LogP contribution is 2.27. The van der Waals surface area contributed by atoms with Crippen molar-refractivity contribution < 1.29 is 18.7 Å². The minimum absolute atomic E-state index is 0.0933. The van der Waals surface area contributed by atoms with Crippen LogP contribution in [0, 0.1) is 18.7 Å². The quantitative estimate of drug-likeness (QED) is 0.457. The molecule has 1 fully saturated rings. The third-order valence-electron chi connectivity index (χ3n) is 5.52. The molecule has 0 radical (unpaired) electrons. The molecule has 1 N–H and O–H groups in total. The largest absolute Gasteiger partial charge is 0.439 e. The van der Waals surface area contributed by atoms with E-state index in [0.717, 1.165) is 0 Å². The van der Waals surface area contributed by atoms with Crippen LogP contribution < -0.4 is 15.0 Å². The second-order valence-corrected chi connectivity index (χ2v) is 8.06. The molecule has 9 nitrogen and oxygen atoms in total. The van der Waals surface area contributed by atoms with Crippen LogP contribution in [0.15, 0.2) is 73.1 Å². The molecule has 1 aliphatic heterocycles. The number of carbonyl (C=O) groups is 2. The number of halogens is 1. The van der Waals surface area contributed by atoms with Crippen molar-refractivity contribution in [1.82, 2.24) is 19.7 Å². The van der Waals surface area contributed by atoms with Gasteiger partial charge in [0.1, 0.15) is 17.4 Å². The van der Waals surface area contributed by atoms with E-state index in [9.17, 15) is 14.0 Å². The Labute approximate surface area is 200 Å². The number of aryl methyl sites for hydroxylation is 1. The van der Waals surface area contributed by atoms with E-state index in [1.54, 1.807) is 60.4 Å². The molecule has 2 aromatic carbocycles. The molecule has 0 spiro atoms. The minimum atomic E-state index is -0.506. The Balaban J connectivity index is 1.22. The first-order valence-electron chi connectivity index (χ1n) is 10.9. The predicted molar refractivity (Wildman–Crippen MR) is 126 cm³/mol. The van der Waals surface area contributed by atoms with Crippen LogP contribution in [-0.4, -0.2) is 38.1 Å². The number of ether oxygens (including phenoxy) is 1. The molecule has 1 unspecified atom stereocenters. The molecule has 3 heterocycles. The van der Waals surface area contributed by atoms with Gasteiger partial charge in [-0.2, -0.15) is 10.1 Å². The fourth-order valence-electron chi connectivity index (χ4n) is 3.82. The van der Waals surface area contributed by atoms with Gasteiger partial charge in [0.2, 0.25) is 17.7 Å². The summed E-state index contributed by atoms with van der Waals surface area (Å²) in [4.78, 5) is 35.3. The molecule has 1 aliphatic rings. The number of amides is 2. The zero-order chi connectivity index (χ0) is 24.4. The van der Waals surface area contributed by atoms with Crippen molar-refractivity contribution in [2.75, 3.05) is 16.8 Å². The second-order valence-electron chi connectivity index (χ2n) is 8.06. The highest BCUT2D eigenvalue weighted by atomic mass is 19.1. The van der Waals surface area contributed by atoms with Crippen molar-refractivity contribution in [2.24, 2.45) is 5.92 Å². The monoisotopic (exact) mass is 472 g/mol. The van der Waals surface area contributed by atoms with Gasteiger partial charge in [0, 0.05) is 42.8 Å². The van der Waals surface area contributed by atoms with Gasteiger partial charge in [-0.1, -0.05) is 0 Å². The molecule has 1 saturated heterocycles. The van der Waals surface area contributed by atoms with Gasteiger partial charge < -0.3 is 15.0 Å². The third kappa shape index (κ3) is 5.01. The minimum Gasteiger partial charge on any atom is -0.439 e. The molecule has 2 aromatic heterocycles. The van der Waals surface area contributed by atoms with E-state index in [-0.39, 0.29) is 30.6 Å². The van der Waals surface area contributed by atoms with Gasteiger partial charge in [0.25, 0.3) is 0 Å². The maximum absolute atomic E-state index is 13.2. The Morgan fingerprint density at radius 1 is 1.11 bits per heavy atom. The number of carbonyl (C=O) groups excluding carboxylic acids is 2. The molecule has 4 aromatic rings. The Hall–Kier alpha value is -4.60. The summed E-state index contributed by atoms with van der Waals surface area (Å²) in [6.07, 6.45) is 3.53. The first-order valence-corrected chi connectivity index (χ1v) is 10.9. The molecular formula is C25H21FN6O3. The molecule has 0 bridgehead atoms. The van der Waals surface area contributed by atoms with Crippen LogP contribution in [0.3, 0.4) is 0 Å². The highest BCUT2D eigenvalue weighted by Gasteiger charge is 2.35. The number of aromatic nitrogens is 4. The summed E-state index contributed by atoms with van der Waals surface area (Å²) in [7, 11) is 0. The Morgan fingerprint density at radius 2 is 1.89 bits per heavy atom. The van der Waals surface area contributed by atoms with Gasteiger partial charge in [-0.3, -0.25) is 9.59 Å². The lowest BCUT2D eigenvalue weighted by molar-refractivity contribution is -0.122. The fraction of sp³-hybridized carbons (Fsp3) is 0.160.